The zero-order valence-corrected chi connectivity index (χ0v) is 13.8. The molecule has 0 spiro atoms. The third kappa shape index (κ3) is 2.10. The molecular weight excluding hydrogens is 327 g/mol. The lowest BCUT2D eigenvalue weighted by Gasteiger charge is -2.39. The lowest BCUT2D eigenvalue weighted by molar-refractivity contribution is -0.455. The minimum Gasteiger partial charge on any atom is -0.397 e. The number of fused-ring (bicyclic) bond motifs is 2. The first-order valence-electron chi connectivity index (χ1n) is 8.06. The van der Waals surface area contributed by atoms with Crippen LogP contribution in [0.15, 0.2) is 42.5 Å². The van der Waals surface area contributed by atoms with Gasteiger partial charge in [0.15, 0.2) is 0 Å². The van der Waals surface area contributed by atoms with Crippen molar-refractivity contribution in [2.75, 3.05) is 0 Å². The van der Waals surface area contributed by atoms with E-state index in [1.54, 1.807) is 37.3 Å². The summed E-state index contributed by atoms with van der Waals surface area (Å²) in [5.74, 6) is -0.314. The summed E-state index contributed by atoms with van der Waals surface area (Å²) in [5.41, 5.74) is 2.68. The number of aromatic nitrogens is 1. The number of nitrogens with zero attached hydrogens (tertiary/aromatic N) is 3. The fraction of sp³-hybridized carbons (Fsp3) is 0.235. The molecule has 5 nitrogen and oxygen atoms in total. The molecule has 0 saturated carbocycles. The molecule has 4 rings (SSSR count). The largest absolute Gasteiger partial charge is 0.731 e. The van der Waals surface area contributed by atoms with E-state index in [1.807, 2.05) is 6.92 Å². The number of hydrogen-bond donors (Lipinski definition) is 0. The molecule has 8 heteroatoms. The molecule has 0 fully saturated rings. The minimum absolute atomic E-state index is 0.0113. The van der Waals surface area contributed by atoms with Gasteiger partial charge >= 0.3 is 6.97 Å². The summed E-state index contributed by atoms with van der Waals surface area (Å²) in [6.07, 6.45) is 4.85. The number of non-ortho nitro benzene ring substituents is 1. The second kappa shape index (κ2) is 5.11. The van der Waals surface area contributed by atoms with Crippen molar-refractivity contribution in [2.45, 2.75) is 25.8 Å². The first-order valence-corrected chi connectivity index (χ1v) is 8.06. The molecule has 0 bridgehead atoms. The molecule has 2 aromatic rings. The standard InChI is InChI=1S/C17H16BF2N3O2/c1-11-10-12(2)22-17(11)16(13-5-7-14(8-6-13)23(24)25)15-4-3-9-21(15)18(22,19)20/h3-10,15-16H,1-2H3. The second-order valence-electron chi connectivity index (χ2n) is 6.61. The highest BCUT2D eigenvalue weighted by Crippen LogP contribution is 2.43. The van der Waals surface area contributed by atoms with Crippen LogP contribution in [0.2, 0.25) is 0 Å². The molecule has 2 aliphatic heterocycles. The molecule has 1 aromatic carbocycles. The number of aryl methyl sites for hydroxylation is 2. The van der Waals surface area contributed by atoms with E-state index in [4.69, 9.17) is 0 Å². The lowest BCUT2D eigenvalue weighted by atomic mass is 9.77. The number of halogens is 2. The van der Waals surface area contributed by atoms with E-state index in [1.165, 1.54) is 18.3 Å². The van der Waals surface area contributed by atoms with E-state index in [0.29, 0.717) is 11.4 Å². The predicted molar refractivity (Wildman–Crippen MR) is 91.5 cm³/mol. The van der Waals surface area contributed by atoms with Crippen LogP contribution in [0.3, 0.4) is 0 Å². The Morgan fingerprint density at radius 1 is 1.24 bits per heavy atom. The SMILES string of the molecule is Cc1cc(C)n2c1C(c1ccc([N+](=O)[O-])cc1)C1C=CC=[N+]1[B-]2(F)F. The normalized spacial score (nSPS) is 23.1. The topological polar surface area (TPSA) is 51.1 Å². The van der Waals surface area contributed by atoms with Crippen LogP contribution in [0.5, 0.6) is 0 Å². The van der Waals surface area contributed by atoms with Gasteiger partial charge in [-0.1, -0.05) is 12.1 Å². The molecule has 25 heavy (non-hydrogen) atoms. The molecule has 128 valence electrons. The van der Waals surface area contributed by atoms with Gasteiger partial charge in [-0.3, -0.25) is 10.1 Å². The number of benzene rings is 1. The number of hydrogen-bond acceptors (Lipinski definition) is 2. The van der Waals surface area contributed by atoms with Crippen LogP contribution < -0.4 is 0 Å². The van der Waals surface area contributed by atoms with Crippen LogP contribution in [-0.4, -0.2) is 33.1 Å². The van der Waals surface area contributed by atoms with Crippen molar-refractivity contribution in [3.05, 3.63) is 75.1 Å². The van der Waals surface area contributed by atoms with E-state index in [9.17, 15) is 10.1 Å². The molecular formula is C17H16BF2N3O2. The minimum atomic E-state index is -3.91. The zero-order chi connectivity index (χ0) is 17.9. The molecule has 0 aliphatic carbocycles. The van der Waals surface area contributed by atoms with Gasteiger partial charge in [0.2, 0.25) is 0 Å². The molecule has 2 unspecified atom stereocenters. The van der Waals surface area contributed by atoms with Gasteiger partial charge in [0.05, 0.1) is 10.8 Å². The Hall–Kier alpha value is -2.77. The van der Waals surface area contributed by atoms with Gasteiger partial charge in [-0.25, -0.2) is 0 Å². The molecule has 0 radical (unpaired) electrons. The maximum absolute atomic E-state index is 15.1. The van der Waals surface area contributed by atoms with Crippen LogP contribution in [0.25, 0.3) is 0 Å². The first-order chi connectivity index (χ1) is 11.8. The van der Waals surface area contributed by atoms with E-state index < -0.39 is 17.9 Å². The predicted octanol–water partition coefficient (Wildman–Crippen LogP) is 3.40. The average Bonchev–Trinajstić information content (AvgIpc) is 3.14. The molecule has 0 saturated heterocycles. The average molecular weight is 343 g/mol. The fourth-order valence-electron chi connectivity index (χ4n) is 4.15. The Balaban J connectivity index is 1.94. The van der Waals surface area contributed by atoms with Crippen LogP contribution in [0, 0.1) is 24.0 Å². The van der Waals surface area contributed by atoms with Crippen molar-refractivity contribution >= 4 is 18.9 Å². The summed E-state index contributed by atoms with van der Waals surface area (Å²) in [4.78, 5) is 10.4. The third-order valence-corrected chi connectivity index (χ3v) is 5.15. The van der Waals surface area contributed by atoms with E-state index in [-0.39, 0.29) is 11.6 Å². The maximum atomic E-state index is 15.1. The van der Waals surface area contributed by atoms with Crippen LogP contribution >= 0.6 is 0 Å². The van der Waals surface area contributed by atoms with Gasteiger partial charge in [0.25, 0.3) is 5.69 Å². The molecule has 0 amide bonds. The highest BCUT2D eigenvalue weighted by atomic mass is 19.2. The van der Waals surface area contributed by atoms with Gasteiger partial charge in [-0.15, -0.1) is 0 Å². The van der Waals surface area contributed by atoms with Crippen LogP contribution in [-0.2, 0) is 0 Å². The van der Waals surface area contributed by atoms with Gasteiger partial charge in [0.1, 0.15) is 12.3 Å². The van der Waals surface area contributed by atoms with Crippen molar-refractivity contribution < 1.29 is 18.0 Å². The number of allylic oxidation sites excluding steroid dienone is 1. The summed E-state index contributed by atoms with van der Waals surface area (Å²) < 4.78 is 32.4. The number of rotatable bonds is 2. The van der Waals surface area contributed by atoms with E-state index >= 15 is 8.63 Å². The van der Waals surface area contributed by atoms with E-state index in [2.05, 4.69) is 0 Å². The van der Waals surface area contributed by atoms with Gasteiger partial charge in [-0.2, -0.15) is 0 Å². The Morgan fingerprint density at radius 2 is 1.92 bits per heavy atom. The number of nitro groups is 1. The summed E-state index contributed by atoms with van der Waals surface area (Å²) in [6, 6.07) is 7.45. The summed E-state index contributed by atoms with van der Waals surface area (Å²) in [5, 5.41) is 10.9. The number of nitro benzene ring substituents is 1. The molecule has 0 N–H and O–H groups in total. The lowest BCUT2D eigenvalue weighted by Crippen LogP contribution is -2.57. The zero-order valence-electron chi connectivity index (χ0n) is 13.8. The molecule has 2 atom stereocenters. The van der Waals surface area contributed by atoms with Crippen molar-refractivity contribution in [2.24, 2.45) is 0 Å². The quantitative estimate of drug-likeness (QED) is 0.477. The summed E-state index contributed by atoms with van der Waals surface area (Å²) >= 11 is 0. The third-order valence-electron chi connectivity index (χ3n) is 5.15. The Labute approximate surface area is 143 Å². The van der Waals surface area contributed by atoms with Crippen molar-refractivity contribution in [1.82, 2.24) is 4.48 Å². The summed E-state index contributed by atoms with van der Waals surface area (Å²) in [7, 11) is 0. The van der Waals surface area contributed by atoms with Crippen molar-refractivity contribution in [3.63, 3.8) is 0 Å². The highest BCUT2D eigenvalue weighted by Gasteiger charge is 2.56. The van der Waals surface area contributed by atoms with Gasteiger partial charge in [0, 0.05) is 17.8 Å². The monoisotopic (exact) mass is 343 g/mol. The summed E-state index contributed by atoms with van der Waals surface area (Å²) in [6.45, 7) is -0.396. The Bertz CT molecular complexity index is 948. The second-order valence-corrected chi connectivity index (χ2v) is 6.61. The van der Waals surface area contributed by atoms with Gasteiger partial charge in [-0.05, 0) is 48.9 Å². The highest BCUT2D eigenvalue weighted by molar-refractivity contribution is 6.57. The van der Waals surface area contributed by atoms with E-state index in [0.717, 1.165) is 20.1 Å². The van der Waals surface area contributed by atoms with Crippen LogP contribution in [0.1, 0.15) is 28.4 Å². The van der Waals surface area contributed by atoms with Crippen LogP contribution in [0.4, 0.5) is 14.3 Å². The fourth-order valence-corrected chi connectivity index (χ4v) is 4.15. The Morgan fingerprint density at radius 3 is 2.56 bits per heavy atom. The van der Waals surface area contributed by atoms with Gasteiger partial charge < -0.3 is 17.6 Å². The molecule has 2 aliphatic rings. The van der Waals surface area contributed by atoms with Crippen molar-refractivity contribution in [1.29, 1.82) is 0 Å². The first kappa shape index (κ1) is 15.7. The Kier molecular flexibility index (Phi) is 3.22. The maximum Gasteiger partial charge on any atom is 0.731 e. The van der Waals surface area contributed by atoms with Crippen molar-refractivity contribution in [3.8, 4) is 0 Å². The molecule has 3 heterocycles. The smallest absolute Gasteiger partial charge is 0.397 e. The molecule has 1 aromatic heterocycles.